The third kappa shape index (κ3) is 4.40. The van der Waals surface area contributed by atoms with E-state index < -0.39 is 15.9 Å². The summed E-state index contributed by atoms with van der Waals surface area (Å²) >= 11 is 0. The molecule has 2 aliphatic heterocycles. The van der Waals surface area contributed by atoms with Crippen molar-refractivity contribution in [1.29, 1.82) is 0 Å². The summed E-state index contributed by atoms with van der Waals surface area (Å²) in [7, 11) is -3.58. The van der Waals surface area contributed by atoms with Gasteiger partial charge in [-0.25, -0.2) is 8.42 Å². The van der Waals surface area contributed by atoms with E-state index in [1.54, 1.807) is 35.4 Å². The molecule has 0 bridgehead atoms. The lowest BCUT2D eigenvalue weighted by molar-refractivity contribution is -0.128. The Balaban J connectivity index is 1.36. The Kier molecular flexibility index (Phi) is 5.89. The number of ether oxygens (including phenoxy) is 1. The molecule has 1 aromatic carbocycles. The summed E-state index contributed by atoms with van der Waals surface area (Å²) < 4.78 is 37.2. The number of nitrogens with zero attached hydrogens (tertiary/aromatic N) is 2. The summed E-state index contributed by atoms with van der Waals surface area (Å²) in [6.45, 7) is 2.06. The van der Waals surface area contributed by atoms with Crippen molar-refractivity contribution in [2.45, 2.75) is 17.9 Å². The number of carbonyl (C=O) groups excluding carboxylic acids is 2. The summed E-state index contributed by atoms with van der Waals surface area (Å²) in [5.41, 5.74) is 0.484. The average Bonchev–Trinajstić information content (AvgIpc) is 3.39. The van der Waals surface area contributed by atoms with Gasteiger partial charge in [0.2, 0.25) is 21.8 Å². The molecule has 3 heterocycles. The van der Waals surface area contributed by atoms with Crippen LogP contribution in [0.2, 0.25) is 0 Å². The van der Waals surface area contributed by atoms with Crippen molar-refractivity contribution < 1.29 is 27.2 Å². The lowest BCUT2D eigenvalue weighted by Crippen LogP contribution is -2.40. The molecular weight excluding hydrogens is 410 g/mol. The number of morpholine rings is 1. The number of hydrogen-bond acceptors (Lipinski definition) is 6. The lowest BCUT2D eigenvalue weighted by Gasteiger charge is -2.26. The third-order valence-electron chi connectivity index (χ3n) is 5.24. The Labute approximate surface area is 174 Å². The maximum atomic E-state index is 12.7. The molecule has 1 aromatic heterocycles. The fourth-order valence-electron chi connectivity index (χ4n) is 3.58. The van der Waals surface area contributed by atoms with Crippen molar-refractivity contribution in [3.05, 3.63) is 48.4 Å². The van der Waals surface area contributed by atoms with Crippen LogP contribution >= 0.6 is 0 Å². The Morgan fingerprint density at radius 1 is 1.13 bits per heavy atom. The second-order valence-corrected chi connectivity index (χ2v) is 9.22. The number of amides is 2. The van der Waals surface area contributed by atoms with E-state index in [0.29, 0.717) is 50.8 Å². The van der Waals surface area contributed by atoms with E-state index in [0.717, 1.165) is 0 Å². The highest BCUT2D eigenvalue weighted by molar-refractivity contribution is 7.89. The lowest BCUT2D eigenvalue weighted by atomic mass is 10.1. The van der Waals surface area contributed by atoms with Gasteiger partial charge in [0.25, 0.3) is 0 Å². The first-order valence-electron chi connectivity index (χ1n) is 9.72. The molecule has 2 aromatic rings. The number of nitrogens with one attached hydrogen (secondary N) is 1. The van der Waals surface area contributed by atoms with E-state index >= 15 is 0 Å². The number of likely N-dealkylation sites (tertiary alicyclic amines) is 1. The van der Waals surface area contributed by atoms with Gasteiger partial charge >= 0.3 is 0 Å². The van der Waals surface area contributed by atoms with Crippen molar-refractivity contribution in [3.8, 4) is 0 Å². The summed E-state index contributed by atoms with van der Waals surface area (Å²) in [5.74, 6) is -0.168. The average molecular weight is 433 g/mol. The SMILES string of the molecule is O=C(Nc1ccc(S(=O)(=O)N2CCOCC2)cc1)[C@H]1CC(=O)N(Cc2ccco2)C1. The third-order valence-corrected chi connectivity index (χ3v) is 7.15. The fraction of sp³-hybridized carbons (Fsp3) is 0.400. The zero-order valence-corrected chi connectivity index (χ0v) is 17.1. The highest BCUT2D eigenvalue weighted by atomic mass is 32.2. The Hall–Kier alpha value is -2.69. The topological polar surface area (TPSA) is 109 Å². The maximum Gasteiger partial charge on any atom is 0.243 e. The van der Waals surface area contributed by atoms with Crippen LogP contribution in [0.1, 0.15) is 12.2 Å². The molecule has 2 amide bonds. The molecule has 2 aliphatic rings. The number of furan rings is 1. The molecule has 0 saturated carbocycles. The van der Waals surface area contributed by atoms with Gasteiger partial charge < -0.3 is 19.4 Å². The van der Waals surface area contributed by atoms with Gasteiger partial charge in [0.15, 0.2) is 0 Å². The highest BCUT2D eigenvalue weighted by Crippen LogP contribution is 2.23. The summed E-state index contributed by atoms with van der Waals surface area (Å²) in [5, 5.41) is 2.77. The standard InChI is InChI=1S/C20H23N3O6S/c24-19-12-15(13-22(19)14-17-2-1-9-29-17)20(25)21-16-3-5-18(6-4-16)30(26,27)23-7-10-28-11-8-23/h1-6,9,15H,7-8,10-14H2,(H,21,25)/t15-/m0/s1. The normalized spacial score (nSPS) is 20.5. The Morgan fingerprint density at radius 3 is 2.53 bits per heavy atom. The number of carbonyl (C=O) groups is 2. The number of sulfonamides is 1. The van der Waals surface area contributed by atoms with Crippen molar-refractivity contribution in [1.82, 2.24) is 9.21 Å². The molecule has 10 heteroatoms. The molecule has 2 saturated heterocycles. The zero-order valence-electron chi connectivity index (χ0n) is 16.3. The van der Waals surface area contributed by atoms with Crippen molar-refractivity contribution in [3.63, 3.8) is 0 Å². The molecule has 0 spiro atoms. The first-order valence-corrected chi connectivity index (χ1v) is 11.2. The monoisotopic (exact) mass is 433 g/mol. The molecule has 4 rings (SSSR count). The van der Waals surface area contributed by atoms with Gasteiger partial charge in [-0.15, -0.1) is 0 Å². The molecule has 160 valence electrons. The minimum atomic E-state index is -3.58. The van der Waals surface area contributed by atoms with Gasteiger partial charge in [-0.1, -0.05) is 0 Å². The van der Waals surface area contributed by atoms with E-state index in [4.69, 9.17) is 9.15 Å². The number of hydrogen-bond donors (Lipinski definition) is 1. The first kappa shape index (κ1) is 20.6. The predicted molar refractivity (Wildman–Crippen MR) is 107 cm³/mol. The minimum Gasteiger partial charge on any atom is -0.467 e. The van der Waals surface area contributed by atoms with Crippen LogP contribution in [-0.4, -0.2) is 62.3 Å². The van der Waals surface area contributed by atoms with Crippen LogP contribution in [0.4, 0.5) is 5.69 Å². The molecular formula is C20H23N3O6S. The van der Waals surface area contributed by atoms with E-state index in [2.05, 4.69) is 5.32 Å². The van der Waals surface area contributed by atoms with Gasteiger partial charge in [-0.2, -0.15) is 4.31 Å². The summed E-state index contributed by atoms with van der Waals surface area (Å²) in [6, 6.07) is 9.61. The largest absolute Gasteiger partial charge is 0.467 e. The van der Waals surface area contributed by atoms with E-state index in [1.807, 2.05) is 0 Å². The van der Waals surface area contributed by atoms with Gasteiger partial charge in [0.05, 0.1) is 36.8 Å². The van der Waals surface area contributed by atoms with Crippen LogP contribution in [0.25, 0.3) is 0 Å². The minimum absolute atomic E-state index is 0.0986. The quantitative estimate of drug-likeness (QED) is 0.735. The summed E-state index contributed by atoms with van der Waals surface area (Å²) in [6.07, 6.45) is 1.68. The van der Waals surface area contributed by atoms with Crippen LogP contribution in [-0.2, 0) is 30.9 Å². The van der Waals surface area contributed by atoms with Gasteiger partial charge in [0.1, 0.15) is 5.76 Å². The molecule has 0 unspecified atom stereocenters. The summed E-state index contributed by atoms with van der Waals surface area (Å²) in [4.78, 5) is 26.5. The molecule has 0 aliphatic carbocycles. The van der Waals surface area contributed by atoms with Crippen LogP contribution in [0.5, 0.6) is 0 Å². The molecule has 0 radical (unpaired) electrons. The highest BCUT2D eigenvalue weighted by Gasteiger charge is 2.34. The van der Waals surface area contributed by atoms with Crippen LogP contribution in [0.3, 0.4) is 0 Å². The predicted octanol–water partition coefficient (Wildman–Crippen LogP) is 1.29. The molecule has 2 fully saturated rings. The number of anilines is 1. The molecule has 9 nitrogen and oxygen atoms in total. The number of rotatable bonds is 6. The molecule has 1 atom stereocenters. The van der Waals surface area contributed by atoms with Gasteiger partial charge in [-0.05, 0) is 36.4 Å². The molecule has 30 heavy (non-hydrogen) atoms. The van der Waals surface area contributed by atoms with E-state index in [-0.39, 0.29) is 23.1 Å². The van der Waals surface area contributed by atoms with E-state index in [1.165, 1.54) is 16.4 Å². The van der Waals surface area contributed by atoms with Crippen molar-refractivity contribution in [2.24, 2.45) is 5.92 Å². The first-order chi connectivity index (χ1) is 14.4. The second kappa shape index (κ2) is 8.58. The van der Waals surface area contributed by atoms with Gasteiger partial charge in [0, 0.05) is 31.7 Å². The van der Waals surface area contributed by atoms with Crippen molar-refractivity contribution in [2.75, 3.05) is 38.2 Å². The van der Waals surface area contributed by atoms with Crippen LogP contribution in [0, 0.1) is 5.92 Å². The Bertz CT molecular complexity index is 998. The van der Waals surface area contributed by atoms with Crippen LogP contribution in [0.15, 0.2) is 52.0 Å². The van der Waals surface area contributed by atoms with Gasteiger partial charge in [-0.3, -0.25) is 9.59 Å². The Morgan fingerprint density at radius 2 is 1.87 bits per heavy atom. The van der Waals surface area contributed by atoms with E-state index in [9.17, 15) is 18.0 Å². The van der Waals surface area contributed by atoms with Crippen LogP contribution < -0.4 is 5.32 Å². The fourth-order valence-corrected chi connectivity index (χ4v) is 4.99. The second-order valence-electron chi connectivity index (χ2n) is 7.28. The zero-order chi connectivity index (χ0) is 21.1. The number of benzene rings is 1. The molecule has 1 N–H and O–H groups in total. The van der Waals surface area contributed by atoms with Crippen molar-refractivity contribution >= 4 is 27.5 Å². The smallest absolute Gasteiger partial charge is 0.243 e. The maximum absolute atomic E-state index is 12.7.